The molecule has 1 aliphatic carbocycles. The van der Waals surface area contributed by atoms with Crippen LogP contribution in [0, 0.1) is 12.8 Å². The summed E-state index contributed by atoms with van der Waals surface area (Å²) in [5, 5.41) is 3.74. The van der Waals surface area contributed by atoms with Gasteiger partial charge in [0.25, 0.3) is 0 Å². The molecule has 2 fully saturated rings. The van der Waals surface area contributed by atoms with E-state index in [1.54, 1.807) is 0 Å². The minimum atomic E-state index is -0.389. The van der Waals surface area contributed by atoms with Gasteiger partial charge in [0.2, 0.25) is 0 Å². The molecule has 144 valence electrons. The molecule has 1 saturated heterocycles. The standard InChI is InChI=1S/C20H31ClN4O/c1-15-3-2-4-18(19(15)21)25-13-11-24(12-14-25)10-9-16-5-7-17(8-6-16)23-20(22)26/h2-4,16-17H,5-14H2,1H3,(H3,22,23,26). The number of nitrogens with one attached hydrogen (secondary N) is 1. The Balaban J connectivity index is 1.38. The number of carbonyl (C=O) groups is 1. The van der Waals surface area contributed by atoms with Crippen molar-refractivity contribution in [3.63, 3.8) is 0 Å². The van der Waals surface area contributed by atoms with Crippen molar-refractivity contribution < 1.29 is 4.79 Å². The molecule has 0 aromatic heterocycles. The highest BCUT2D eigenvalue weighted by molar-refractivity contribution is 6.34. The second-order valence-electron chi connectivity index (χ2n) is 7.75. The molecule has 3 N–H and O–H groups in total. The van der Waals surface area contributed by atoms with Crippen LogP contribution in [-0.4, -0.2) is 49.7 Å². The molecule has 1 saturated carbocycles. The van der Waals surface area contributed by atoms with Gasteiger partial charge in [-0.15, -0.1) is 0 Å². The number of carbonyl (C=O) groups excluding carboxylic acids is 1. The highest BCUT2D eigenvalue weighted by Gasteiger charge is 2.24. The van der Waals surface area contributed by atoms with Gasteiger partial charge < -0.3 is 16.0 Å². The van der Waals surface area contributed by atoms with Crippen LogP contribution in [0.4, 0.5) is 10.5 Å². The number of benzene rings is 1. The lowest BCUT2D eigenvalue weighted by Gasteiger charge is -2.37. The van der Waals surface area contributed by atoms with Crippen LogP contribution in [0.3, 0.4) is 0 Å². The Morgan fingerprint density at radius 1 is 1.19 bits per heavy atom. The Bertz CT molecular complexity index is 608. The smallest absolute Gasteiger partial charge is 0.312 e. The number of anilines is 1. The zero-order chi connectivity index (χ0) is 18.5. The summed E-state index contributed by atoms with van der Waals surface area (Å²) in [5.74, 6) is 0.783. The summed E-state index contributed by atoms with van der Waals surface area (Å²) in [4.78, 5) is 15.9. The van der Waals surface area contributed by atoms with Gasteiger partial charge in [0.1, 0.15) is 0 Å². The van der Waals surface area contributed by atoms with Gasteiger partial charge in [0, 0.05) is 32.2 Å². The maximum Gasteiger partial charge on any atom is 0.312 e. The van der Waals surface area contributed by atoms with E-state index in [0.29, 0.717) is 0 Å². The molecule has 2 aliphatic rings. The van der Waals surface area contributed by atoms with Gasteiger partial charge in [-0.3, -0.25) is 4.90 Å². The zero-order valence-corrected chi connectivity index (χ0v) is 16.5. The maximum absolute atomic E-state index is 10.9. The molecule has 1 heterocycles. The molecule has 26 heavy (non-hydrogen) atoms. The molecular weight excluding hydrogens is 348 g/mol. The number of amides is 2. The summed E-state index contributed by atoms with van der Waals surface area (Å²) in [5.41, 5.74) is 7.54. The number of hydrogen-bond donors (Lipinski definition) is 2. The number of hydrogen-bond acceptors (Lipinski definition) is 3. The normalized spacial score (nSPS) is 24.5. The summed E-state index contributed by atoms with van der Waals surface area (Å²) in [6.45, 7) is 7.52. The van der Waals surface area contributed by atoms with E-state index in [4.69, 9.17) is 17.3 Å². The van der Waals surface area contributed by atoms with Crippen molar-refractivity contribution in [1.82, 2.24) is 10.2 Å². The largest absolute Gasteiger partial charge is 0.368 e. The highest BCUT2D eigenvalue weighted by atomic mass is 35.5. The van der Waals surface area contributed by atoms with Crippen molar-refractivity contribution in [3.8, 4) is 0 Å². The lowest BCUT2D eigenvalue weighted by molar-refractivity contribution is 0.207. The Morgan fingerprint density at radius 2 is 1.88 bits per heavy atom. The lowest BCUT2D eigenvalue weighted by atomic mass is 9.84. The predicted molar refractivity (Wildman–Crippen MR) is 108 cm³/mol. The minimum absolute atomic E-state index is 0.284. The first-order valence-corrected chi connectivity index (χ1v) is 10.2. The van der Waals surface area contributed by atoms with Gasteiger partial charge in [-0.2, -0.15) is 0 Å². The third-order valence-electron chi connectivity index (χ3n) is 5.93. The van der Waals surface area contributed by atoms with Crippen molar-refractivity contribution in [2.24, 2.45) is 11.7 Å². The molecule has 0 atom stereocenters. The van der Waals surface area contributed by atoms with Crippen molar-refractivity contribution in [1.29, 1.82) is 0 Å². The number of primary amides is 1. The van der Waals surface area contributed by atoms with Crippen LogP contribution in [0.5, 0.6) is 0 Å². The van der Waals surface area contributed by atoms with Crippen LogP contribution < -0.4 is 16.0 Å². The summed E-state index contributed by atoms with van der Waals surface area (Å²) in [6, 6.07) is 6.18. The summed E-state index contributed by atoms with van der Waals surface area (Å²) in [7, 11) is 0. The molecule has 0 spiro atoms. The Morgan fingerprint density at radius 3 is 2.54 bits per heavy atom. The fraction of sp³-hybridized carbons (Fsp3) is 0.650. The molecule has 1 aromatic carbocycles. The van der Waals surface area contributed by atoms with E-state index in [1.807, 2.05) is 0 Å². The number of halogens is 1. The molecular formula is C20H31ClN4O. The summed E-state index contributed by atoms with van der Waals surface area (Å²) < 4.78 is 0. The average Bonchev–Trinajstić information content (AvgIpc) is 2.63. The van der Waals surface area contributed by atoms with E-state index in [1.165, 1.54) is 31.5 Å². The monoisotopic (exact) mass is 378 g/mol. The van der Waals surface area contributed by atoms with Gasteiger partial charge in [0.05, 0.1) is 10.7 Å². The molecule has 1 aromatic rings. The van der Waals surface area contributed by atoms with E-state index >= 15 is 0 Å². The molecule has 0 radical (unpaired) electrons. The number of urea groups is 1. The highest BCUT2D eigenvalue weighted by Crippen LogP contribution is 2.30. The fourth-order valence-corrected chi connectivity index (χ4v) is 4.50. The summed E-state index contributed by atoms with van der Waals surface area (Å²) in [6.07, 6.45) is 5.78. The molecule has 2 amide bonds. The first-order valence-electron chi connectivity index (χ1n) is 9.81. The van der Waals surface area contributed by atoms with Crippen molar-refractivity contribution >= 4 is 23.3 Å². The molecule has 3 rings (SSSR count). The summed E-state index contributed by atoms with van der Waals surface area (Å²) >= 11 is 6.48. The van der Waals surface area contributed by atoms with Crippen LogP contribution in [0.1, 0.15) is 37.7 Å². The maximum atomic E-state index is 10.9. The number of rotatable bonds is 5. The third-order valence-corrected chi connectivity index (χ3v) is 6.42. The minimum Gasteiger partial charge on any atom is -0.368 e. The molecule has 5 nitrogen and oxygen atoms in total. The van der Waals surface area contributed by atoms with Gasteiger partial charge in [-0.25, -0.2) is 4.79 Å². The van der Waals surface area contributed by atoms with Gasteiger partial charge in [0.15, 0.2) is 0 Å². The van der Waals surface area contributed by atoms with Crippen molar-refractivity contribution in [2.45, 2.75) is 45.1 Å². The van der Waals surface area contributed by atoms with Crippen molar-refractivity contribution in [3.05, 3.63) is 28.8 Å². The fourth-order valence-electron chi connectivity index (χ4n) is 4.25. The molecule has 0 bridgehead atoms. The van der Waals surface area contributed by atoms with E-state index in [9.17, 15) is 4.79 Å². The van der Waals surface area contributed by atoms with Crippen LogP contribution in [-0.2, 0) is 0 Å². The third kappa shape index (κ3) is 5.04. The van der Waals surface area contributed by atoms with Gasteiger partial charge in [-0.05, 0) is 63.1 Å². The average molecular weight is 379 g/mol. The Kier molecular flexibility index (Phi) is 6.65. The van der Waals surface area contributed by atoms with Crippen LogP contribution >= 0.6 is 11.6 Å². The second-order valence-corrected chi connectivity index (χ2v) is 8.13. The topological polar surface area (TPSA) is 61.6 Å². The van der Waals surface area contributed by atoms with E-state index < -0.39 is 0 Å². The number of aryl methyl sites for hydroxylation is 1. The second kappa shape index (κ2) is 8.96. The Hall–Kier alpha value is -1.46. The lowest BCUT2D eigenvalue weighted by Crippen LogP contribution is -2.47. The molecule has 1 aliphatic heterocycles. The number of nitrogens with zero attached hydrogens (tertiary/aromatic N) is 2. The SMILES string of the molecule is Cc1cccc(N2CCN(CCC3CCC(NC(N)=O)CC3)CC2)c1Cl. The molecule has 6 heteroatoms. The van der Waals surface area contributed by atoms with Gasteiger partial charge >= 0.3 is 6.03 Å². The first kappa shape index (κ1) is 19.3. The quantitative estimate of drug-likeness (QED) is 0.825. The predicted octanol–water partition coefficient (Wildman–Crippen LogP) is 3.39. The van der Waals surface area contributed by atoms with E-state index in [0.717, 1.165) is 55.5 Å². The van der Waals surface area contributed by atoms with Crippen LogP contribution in [0.25, 0.3) is 0 Å². The van der Waals surface area contributed by atoms with Crippen LogP contribution in [0.2, 0.25) is 5.02 Å². The van der Waals surface area contributed by atoms with Gasteiger partial charge in [-0.1, -0.05) is 23.7 Å². The zero-order valence-electron chi connectivity index (χ0n) is 15.7. The number of piperazine rings is 1. The van der Waals surface area contributed by atoms with E-state index in [-0.39, 0.29) is 12.1 Å². The van der Waals surface area contributed by atoms with Crippen molar-refractivity contribution in [2.75, 3.05) is 37.6 Å². The first-order chi connectivity index (χ1) is 12.5. The van der Waals surface area contributed by atoms with Crippen LogP contribution in [0.15, 0.2) is 18.2 Å². The Labute approximate surface area is 161 Å². The van der Waals surface area contributed by atoms with E-state index in [2.05, 4.69) is 40.2 Å². The molecule has 0 unspecified atom stereocenters. The number of nitrogens with two attached hydrogens (primary N) is 1.